The normalized spacial score (nSPS) is 9.31. The summed E-state index contributed by atoms with van der Waals surface area (Å²) in [5, 5.41) is 0.806. The smallest absolute Gasteiger partial charge is 0.404 e. The summed E-state index contributed by atoms with van der Waals surface area (Å²) in [6, 6.07) is 0. The van der Waals surface area contributed by atoms with Crippen molar-refractivity contribution in [2.75, 3.05) is 6.61 Å². The largest absolute Gasteiger partial charge is 0.450 e. The van der Waals surface area contributed by atoms with E-state index in [1.54, 1.807) is 6.20 Å². The summed E-state index contributed by atoms with van der Waals surface area (Å²) >= 11 is 4.82. The van der Waals surface area contributed by atoms with Crippen molar-refractivity contribution in [3.8, 4) is 11.8 Å². The molecule has 0 aromatic carbocycles. The minimum Gasteiger partial charge on any atom is -0.450 e. The Bertz CT molecular complexity index is 408. The molecule has 0 saturated carbocycles. The lowest BCUT2D eigenvalue weighted by Gasteiger charge is -1.97. The maximum absolute atomic E-state index is 10.2. The van der Waals surface area contributed by atoms with Gasteiger partial charge in [-0.2, -0.15) is 0 Å². The summed E-state index contributed by atoms with van der Waals surface area (Å²) in [4.78, 5) is 14.3. The topological polar surface area (TPSA) is 65.2 Å². The van der Waals surface area contributed by atoms with Crippen LogP contribution in [0.5, 0.6) is 0 Å². The zero-order valence-corrected chi connectivity index (χ0v) is 10.9. The van der Waals surface area contributed by atoms with Gasteiger partial charge in [0, 0.05) is 6.42 Å². The van der Waals surface area contributed by atoms with Crippen LogP contribution >= 0.6 is 27.3 Å². The Kier molecular flexibility index (Phi) is 5.90. The second-order valence-electron chi connectivity index (χ2n) is 2.90. The summed E-state index contributed by atoms with van der Waals surface area (Å²) in [5.41, 5.74) is 4.81. The molecule has 6 heteroatoms. The quantitative estimate of drug-likeness (QED) is 0.686. The number of ether oxygens (including phenoxy) is 1. The first-order chi connectivity index (χ1) is 7.68. The second kappa shape index (κ2) is 7.25. The van der Waals surface area contributed by atoms with Crippen molar-refractivity contribution in [3.05, 3.63) is 15.0 Å². The van der Waals surface area contributed by atoms with Crippen molar-refractivity contribution in [2.24, 2.45) is 5.73 Å². The Balaban J connectivity index is 2.11. The molecule has 0 fully saturated rings. The molecule has 86 valence electrons. The maximum Gasteiger partial charge on any atom is 0.404 e. The number of nitrogens with two attached hydrogens (primary N) is 1. The van der Waals surface area contributed by atoms with Crippen LogP contribution in [0.3, 0.4) is 0 Å². The molecule has 0 spiro atoms. The van der Waals surface area contributed by atoms with Crippen LogP contribution in [0, 0.1) is 11.8 Å². The van der Waals surface area contributed by atoms with Crippen LogP contribution < -0.4 is 5.73 Å². The molecule has 1 amide bonds. The molecule has 4 nitrogen and oxygen atoms in total. The average Bonchev–Trinajstić information content (AvgIpc) is 2.62. The Hall–Kier alpha value is -1.06. The lowest BCUT2D eigenvalue weighted by Crippen LogP contribution is -2.13. The Labute approximate surface area is 106 Å². The van der Waals surface area contributed by atoms with Gasteiger partial charge in [0.25, 0.3) is 0 Å². The molecule has 0 radical (unpaired) electrons. The summed E-state index contributed by atoms with van der Waals surface area (Å²) < 4.78 is 5.56. The number of primary amides is 1. The Morgan fingerprint density at radius 1 is 1.62 bits per heavy atom. The molecule has 0 bridgehead atoms. The predicted molar refractivity (Wildman–Crippen MR) is 66.1 cm³/mol. The molecule has 1 rings (SSSR count). The van der Waals surface area contributed by atoms with Gasteiger partial charge < -0.3 is 10.5 Å². The summed E-state index contributed by atoms with van der Waals surface area (Å²) in [6.45, 7) is 0.361. The number of hydrogen-bond acceptors (Lipinski definition) is 4. The van der Waals surface area contributed by atoms with Gasteiger partial charge in [0.05, 0.1) is 16.6 Å². The first-order valence-electron chi connectivity index (χ1n) is 4.71. The molecule has 0 saturated heterocycles. The highest BCUT2D eigenvalue weighted by Gasteiger charge is 1.94. The first kappa shape index (κ1) is 13.0. The fourth-order valence-electron chi connectivity index (χ4n) is 0.939. The number of nitrogens with zero attached hydrogens (tertiary/aromatic N) is 1. The number of thiazole rings is 1. The minimum absolute atomic E-state index is 0.361. The monoisotopic (exact) mass is 302 g/mol. The Morgan fingerprint density at radius 2 is 2.44 bits per heavy atom. The van der Waals surface area contributed by atoms with Gasteiger partial charge in [0.1, 0.15) is 0 Å². The van der Waals surface area contributed by atoms with Gasteiger partial charge in [-0.25, -0.2) is 9.78 Å². The van der Waals surface area contributed by atoms with Crippen molar-refractivity contribution in [1.82, 2.24) is 4.98 Å². The third kappa shape index (κ3) is 5.73. The van der Waals surface area contributed by atoms with Crippen LogP contribution in [-0.2, 0) is 4.74 Å². The van der Waals surface area contributed by atoms with Crippen molar-refractivity contribution >= 4 is 33.4 Å². The molecule has 1 aromatic rings. The molecule has 0 aliphatic carbocycles. The average molecular weight is 303 g/mol. The van der Waals surface area contributed by atoms with E-state index in [9.17, 15) is 4.79 Å². The number of carbonyl (C=O) groups excluding carboxylic acids is 1. The molecular weight excluding hydrogens is 292 g/mol. The van der Waals surface area contributed by atoms with Gasteiger partial charge in [-0.1, -0.05) is 17.3 Å². The van der Waals surface area contributed by atoms with Gasteiger partial charge in [-0.15, -0.1) is 0 Å². The van der Waals surface area contributed by atoms with Crippen LogP contribution in [0.15, 0.2) is 9.98 Å². The first-order valence-corrected chi connectivity index (χ1v) is 6.32. The van der Waals surface area contributed by atoms with Gasteiger partial charge in [0.2, 0.25) is 0 Å². The summed E-state index contributed by atoms with van der Waals surface area (Å²) in [6.07, 6.45) is 3.43. The molecule has 16 heavy (non-hydrogen) atoms. The molecule has 0 atom stereocenters. The van der Waals surface area contributed by atoms with E-state index in [4.69, 9.17) is 5.73 Å². The highest BCUT2D eigenvalue weighted by atomic mass is 79.9. The van der Waals surface area contributed by atoms with Gasteiger partial charge in [0.15, 0.2) is 5.01 Å². The molecule has 0 aliphatic heterocycles. The van der Waals surface area contributed by atoms with E-state index in [1.165, 1.54) is 11.3 Å². The SMILES string of the molecule is NC(=O)OCCCCC#Cc1ncc(Br)s1. The lowest BCUT2D eigenvalue weighted by atomic mass is 10.2. The zero-order chi connectivity index (χ0) is 11.8. The van der Waals surface area contributed by atoms with Crippen molar-refractivity contribution in [2.45, 2.75) is 19.3 Å². The van der Waals surface area contributed by atoms with E-state index < -0.39 is 6.09 Å². The Morgan fingerprint density at radius 3 is 3.06 bits per heavy atom. The third-order valence-corrected chi connectivity index (χ3v) is 3.00. The fraction of sp³-hybridized carbons (Fsp3) is 0.400. The molecule has 1 aromatic heterocycles. The highest BCUT2D eigenvalue weighted by Crippen LogP contribution is 2.17. The number of aromatic nitrogens is 1. The molecule has 0 aliphatic rings. The van der Waals surface area contributed by atoms with E-state index in [0.717, 1.165) is 28.1 Å². The van der Waals surface area contributed by atoms with Gasteiger partial charge >= 0.3 is 6.09 Å². The number of hydrogen-bond donors (Lipinski definition) is 1. The van der Waals surface area contributed by atoms with E-state index in [0.29, 0.717) is 6.61 Å². The number of unbranched alkanes of at least 4 members (excludes halogenated alkanes) is 2. The molecular formula is C10H11BrN2O2S. The molecule has 2 N–H and O–H groups in total. The van der Waals surface area contributed by atoms with E-state index in [2.05, 4.69) is 37.5 Å². The summed E-state index contributed by atoms with van der Waals surface area (Å²) in [7, 11) is 0. The van der Waals surface area contributed by atoms with Crippen LogP contribution in [0.25, 0.3) is 0 Å². The molecule has 0 unspecified atom stereocenters. The van der Waals surface area contributed by atoms with Crippen LogP contribution in [0.1, 0.15) is 24.3 Å². The summed E-state index contributed by atoms with van der Waals surface area (Å²) in [5.74, 6) is 5.97. The van der Waals surface area contributed by atoms with Crippen LogP contribution in [-0.4, -0.2) is 17.7 Å². The molecule has 1 heterocycles. The number of halogens is 1. The number of rotatable bonds is 4. The maximum atomic E-state index is 10.2. The highest BCUT2D eigenvalue weighted by molar-refractivity contribution is 9.11. The zero-order valence-electron chi connectivity index (χ0n) is 8.53. The fourth-order valence-corrected chi connectivity index (χ4v) is 2.02. The lowest BCUT2D eigenvalue weighted by molar-refractivity contribution is 0.155. The minimum atomic E-state index is -0.723. The number of amides is 1. The van der Waals surface area contributed by atoms with Crippen LogP contribution in [0.2, 0.25) is 0 Å². The van der Waals surface area contributed by atoms with Crippen molar-refractivity contribution in [1.29, 1.82) is 0 Å². The third-order valence-electron chi connectivity index (χ3n) is 1.61. The van der Waals surface area contributed by atoms with Crippen molar-refractivity contribution < 1.29 is 9.53 Å². The predicted octanol–water partition coefficient (Wildman–Crippen LogP) is 2.52. The van der Waals surface area contributed by atoms with Gasteiger partial charge in [-0.3, -0.25) is 0 Å². The second-order valence-corrected chi connectivity index (χ2v) is 5.31. The van der Waals surface area contributed by atoms with Crippen LogP contribution in [0.4, 0.5) is 4.79 Å². The van der Waals surface area contributed by atoms with Gasteiger partial charge in [-0.05, 0) is 34.7 Å². The van der Waals surface area contributed by atoms with E-state index in [-0.39, 0.29) is 0 Å². The van der Waals surface area contributed by atoms with E-state index in [1.807, 2.05) is 0 Å². The standard InChI is InChI=1S/C10H11BrN2O2S/c11-8-7-13-9(16-8)5-3-1-2-4-6-15-10(12)14/h7H,1-2,4,6H2,(H2,12,14). The number of carbonyl (C=O) groups is 1. The van der Waals surface area contributed by atoms with Crippen molar-refractivity contribution in [3.63, 3.8) is 0 Å². The van der Waals surface area contributed by atoms with E-state index >= 15 is 0 Å².